The molecule has 0 radical (unpaired) electrons. The van der Waals surface area contributed by atoms with Gasteiger partial charge in [-0.15, -0.1) is 0 Å². The molecule has 2 aromatic carbocycles. The Balaban J connectivity index is 2.15. The van der Waals surface area contributed by atoms with E-state index in [2.05, 4.69) is 15.3 Å². The molecule has 3 aromatic rings. The predicted molar refractivity (Wildman–Crippen MR) is 89.4 cm³/mol. The maximum Gasteiger partial charge on any atom is 0.451 e. The Kier molecular flexibility index (Phi) is 4.48. The summed E-state index contributed by atoms with van der Waals surface area (Å²) in [7, 11) is 1.37. The number of nitrogens with zero attached hydrogens (tertiary/aromatic N) is 2. The lowest BCUT2D eigenvalue weighted by Crippen LogP contribution is -2.13. The van der Waals surface area contributed by atoms with Crippen molar-refractivity contribution in [1.29, 1.82) is 0 Å². The van der Waals surface area contributed by atoms with Gasteiger partial charge in [0.15, 0.2) is 0 Å². The SMILES string of the molecule is COc1ccc2c(Nc3ccc(O)c(C(=O)O)c3)nc(C(F)(F)F)nc2c1. The molecule has 0 amide bonds. The van der Waals surface area contributed by atoms with Gasteiger partial charge < -0.3 is 20.3 Å². The molecule has 0 saturated heterocycles. The van der Waals surface area contributed by atoms with Crippen molar-refractivity contribution in [2.45, 2.75) is 6.18 Å². The van der Waals surface area contributed by atoms with E-state index in [-0.39, 0.29) is 22.4 Å². The van der Waals surface area contributed by atoms with Crippen molar-refractivity contribution >= 4 is 28.4 Å². The van der Waals surface area contributed by atoms with Gasteiger partial charge in [-0.05, 0) is 30.3 Å². The van der Waals surface area contributed by atoms with Crippen LogP contribution in [-0.4, -0.2) is 33.3 Å². The molecule has 140 valence electrons. The third-order valence-electron chi connectivity index (χ3n) is 3.65. The smallest absolute Gasteiger partial charge is 0.451 e. The Morgan fingerprint density at radius 1 is 1.15 bits per heavy atom. The Morgan fingerprint density at radius 2 is 1.89 bits per heavy atom. The molecule has 0 spiro atoms. The molecule has 0 aliphatic carbocycles. The Morgan fingerprint density at radius 3 is 2.52 bits per heavy atom. The maximum atomic E-state index is 13.1. The fraction of sp³-hybridized carbons (Fsp3) is 0.118. The van der Waals surface area contributed by atoms with Crippen molar-refractivity contribution in [2.75, 3.05) is 12.4 Å². The fourth-order valence-electron chi connectivity index (χ4n) is 2.38. The number of anilines is 2. The van der Waals surface area contributed by atoms with Crippen molar-refractivity contribution < 1.29 is 32.9 Å². The summed E-state index contributed by atoms with van der Waals surface area (Å²) in [6, 6.07) is 7.85. The predicted octanol–water partition coefficient (Wildman–Crippen LogP) is 3.80. The highest BCUT2D eigenvalue weighted by Gasteiger charge is 2.35. The van der Waals surface area contributed by atoms with Crippen LogP contribution in [0.1, 0.15) is 16.2 Å². The molecular formula is C17H12F3N3O4. The van der Waals surface area contributed by atoms with Crippen LogP contribution in [-0.2, 0) is 6.18 Å². The summed E-state index contributed by atoms with van der Waals surface area (Å²) in [6.07, 6.45) is -4.78. The zero-order valence-corrected chi connectivity index (χ0v) is 13.7. The summed E-state index contributed by atoms with van der Waals surface area (Å²) in [5, 5.41) is 21.5. The number of aromatic carboxylic acids is 1. The number of aromatic hydroxyl groups is 1. The second-order valence-electron chi connectivity index (χ2n) is 5.44. The van der Waals surface area contributed by atoms with E-state index in [1.807, 2.05) is 0 Å². The number of halogens is 3. The monoisotopic (exact) mass is 379 g/mol. The number of hydrogen-bond donors (Lipinski definition) is 3. The highest BCUT2D eigenvalue weighted by molar-refractivity contribution is 5.94. The summed E-state index contributed by atoms with van der Waals surface area (Å²) in [6.45, 7) is 0. The van der Waals surface area contributed by atoms with Crippen LogP contribution in [0.4, 0.5) is 24.7 Å². The fourth-order valence-corrected chi connectivity index (χ4v) is 2.38. The number of ether oxygens (including phenoxy) is 1. The van der Waals surface area contributed by atoms with Gasteiger partial charge in [-0.3, -0.25) is 0 Å². The molecule has 1 heterocycles. The zero-order chi connectivity index (χ0) is 19.8. The summed E-state index contributed by atoms with van der Waals surface area (Å²) >= 11 is 0. The van der Waals surface area contributed by atoms with Gasteiger partial charge in [0, 0.05) is 17.1 Å². The summed E-state index contributed by atoms with van der Waals surface area (Å²) in [4.78, 5) is 18.2. The highest BCUT2D eigenvalue weighted by atomic mass is 19.4. The molecule has 3 N–H and O–H groups in total. The minimum Gasteiger partial charge on any atom is -0.507 e. The second kappa shape index (κ2) is 6.63. The number of carbonyl (C=O) groups is 1. The van der Waals surface area contributed by atoms with E-state index in [1.165, 1.54) is 31.4 Å². The van der Waals surface area contributed by atoms with Gasteiger partial charge in [0.2, 0.25) is 5.82 Å². The van der Waals surface area contributed by atoms with Crippen LogP contribution in [0.3, 0.4) is 0 Å². The van der Waals surface area contributed by atoms with Crippen LogP contribution < -0.4 is 10.1 Å². The third kappa shape index (κ3) is 3.68. The normalized spacial score (nSPS) is 11.4. The number of methoxy groups -OCH3 is 1. The molecule has 0 aliphatic heterocycles. The van der Waals surface area contributed by atoms with E-state index < -0.39 is 29.3 Å². The van der Waals surface area contributed by atoms with Gasteiger partial charge in [-0.1, -0.05) is 0 Å². The van der Waals surface area contributed by atoms with Crippen LogP contribution in [0, 0.1) is 0 Å². The first-order chi connectivity index (χ1) is 12.7. The number of aromatic nitrogens is 2. The number of phenols is 1. The Labute approximate surface area is 150 Å². The van der Waals surface area contributed by atoms with Gasteiger partial charge in [0.05, 0.1) is 12.6 Å². The first-order valence-corrected chi connectivity index (χ1v) is 7.45. The van der Waals surface area contributed by atoms with Crippen LogP contribution in [0.15, 0.2) is 36.4 Å². The van der Waals surface area contributed by atoms with E-state index in [9.17, 15) is 23.1 Å². The molecule has 27 heavy (non-hydrogen) atoms. The third-order valence-corrected chi connectivity index (χ3v) is 3.65. The van der Waals surface area contributed by atoms with E-state index in [1.54, 1.807) is 0 Å². The molecule has 0 aliphatic rings. The summed E-state index contributed by atoms with van der Waals surface area (Å²) in [5.41, 5.74) is -0.276. The first-order valence-electron chi connectivity index (χ1n) is 7.45. The number of nitrogens with one attached hydrogen (secondary N) is 1. The molecular weight excluding hydrogens is 367 g/mol. The Hall–Kier alpha value is -3.56. The van der Waals surface area contributed by atoms with Gasteiger partial charge in [-0.2, -0.15) is 13.2 Å². The maximum absolute atomic E-state index is 13.1. The molecule has 1 aromatic heterocycles. The van der Waals surface area contributed by atoms with Crippen molar-refractivity contribution in [3.63, 3.8) is 0 Å². The molecule has 0 saturated carbocycles. The van der Waals surface area contributed by atoms with Crippen molar-refractivity contribution in [3.05, 3.63) is 47.8 Å². The summed E-state index contributed by atoms with van der Waals surface area (Å²) in [5.74, 6) is -3.07. The lowest BCUT2D eigenvalue weighted by Gasteiger charge is -2.13. The number of carboxylic acid groups (broad SMARTS) is 1. The average molecular weight is 379 g/mol. The van der Waals surface area contributed by atoms with Crippen LogP contribution >= 0.6 is 0 Å². The van der Waals surface area contributed by atoms with Crippen LogP contribution in [0.25, 0.3) is 10.9 Å². The number of benzene rings is 2. The summed E-state index contributed by atoms with van der Waals surface area (Å²) < 4.78 is 44.4. The van der Waals surface area contributed by atoms with E-state index >= 15 is 0 Å². The number of alkyl halides is 3. The lowest BCUT2D eigenvalue weighted by atomic mass is 10.1. The Bertz CT molecular complexity index is 1040. The van der Waals surface area contributed by atoms with Crippen LogP contribution in [0.5, 0.6) is 11.5 Å². The number of carboxylic acids is 1. The standard InChI is InChI=1S/C17H12F3N3O4/c1-27-9-3-4-10-12(7-9)22-16(17(18,19)20)23-14(10)21-8-2-5-13(24)11(6-8)15(25)26/h2-7,24H,1H3,(H,25,26)(H,21,22,23). The van der Waals surface area contributed by atoms with Crippen molar-refractivity contribution in [2.24, 2.45) is 0 Å². The largest absolute Gasteiger partial charge is 0.507 e. The minimum absolute atomic E-state index is 0.00332. The topological polar surface area (TPSA) is 105 Å². The van der Waals surface area contributed by atoms with Gasteiger partial charge in [-0.25, -0.2) is 14.8 Å². The van der Waals surface area contributed by atoms with Crippen molar-refractivity contribution in [1.82, 2.24) is 9.97 Å². The van der Waals surface area contributed by atoms with Crippen LogP contribution in [0.2, 0.25) is 0 Å². The van der Waals surface area contributed by atoms with Crippen molar-refractivity contribution in [3.8, 4) is 11.5 Å². The molecule has 0 unspecified atom stereocenters. The first kappa shape index (κ1) is 18.2. The highest BCUT2D eigenvalue weighted by Crippen LogP contribution is 2.33. The van der Waals surface area contributed by atoms with Gasteiger partial charge in [0.1, 0.15) is 22.9 Å². The molecule has 7 nitrogen and oxygen atoms in total. The zero-order valence-electron chi connectivity index (χ0n) is 13.7. The van der Waals surface area contributed by atoms with E-state index in [4.69, 9.17) is 9.84 Å². The number of fused-ring (bicyclic) bond motifs is 1. The van der Waals surface area contributed by atoms with Gasteiger partial charge in [0.25, 0.3) is 0 Å². The number of hydrogen-bond acceptors (Lipinski definition) is 6. The van der Waals surface area contributed by atoms with E-state index in [0.717, 1.165) is 12.1 Å². The molecule has 0 fully saturated rings. The number of rotatable bonds is 4. The lowest BCUT2D eigenvalue weighted by molar-refractivity contribution is -0.144. The molecule has 3 rings (SSSR count). The second-order valence-corrected chi connectivity index (χ2v) is 5.44. The minimum atomic E-state index is -4.78. The quantitative estimate of drug-likeness (QED) is 0.592. The molecule has 0 atom stereocenters. The molecule has 10 heteroatoms. The van der Waals surface area contributed by atoms with E-state index in [0.29, 0.717) is 5.75 Å². The van der Waals surface area contributed by atoms with Gasteiger partial charge >= 0.3 is 12.1 Å². The average Bonchev–Trinajstić information content (AvgIpc) is 2.61. The molecule has 0 bridgehead atoms.